The molecule has 0 aromatic heterocycles. The average molecular weight is 206 g/mol. The van der Waals surface area contributed by atoms with Crippen LogP contribution in [0, 0.1) is 0 Å². The van der Waals surface area contributed by atoms with Gasteiger partial charge in [-0.15, -0.1) is 0 Å². The Balaban J connectivity index is 2.87. The monoisotopic (exact) mass is 206 g/mol. The highest BCUT2D eigenvalue weighted by Gasteiger charge is 2.07. The summed E-state index contributed by atoms with van der Waals surface area (Å²) in [4.78, 5) is 0. The molecular formula is C9H10N4S. The molecule has 0 fully saturated rings. The number of hydrogen-bond donors (Lipinski definition) is 1. The van der Waals surface area contributed by atoms with Gasteiger partial charge in [-0.2, -0.15) is 10.2 Å². The fraction of sp³-hybridized carbons (Fsp3) is 0. The molecule has 0 saturated heterocycles. The molecule has 72 valence electrons. The number of nitrogens with zero attached hydrogens (tertiary/aromatic N) is 3. The summed E-state index contributed by atoms with van der Waals surface area (Å²) < 4.78 is 0. The summed E-state index contributed by atoms with van der Waals surface area (Å²) in [5.74, 6) is 0. The molecule has 14 heavy (non-hydrogen) atoms. The fourth-order valence-corrected chi connectivity index (χ4v) is 1.18. The van der Waals surface area contributed by atoms with Crippen LogP contribution in [-0.4, -0.2) is 18.5 Å². The first-order valence-electron chi connectivity index (χ1n) is 3.87. The Bertz CT molecular complexity index is 336. The second kappa shape index (κ2) is 5.08. The highest BCUT2D eigenvalue weighted by molar-refractivity contribution is 7.80. The van der Waals surface area contributed by atoms with Crippen LogP contribution < -0.4 is 10.4 Å². The van der Waals surface area contributed by atoms with Crippen molar-refractivity contribution in [2.75, 3.05) is 5.01 Å². The summed E-state index contributed by atoms with van der Waals surface area (Å²) in [6, 6.07) is 9.42. The van der Waals surface area contributed by atoms with Crippen LogP contribution in [0.1, 0.15) is 0 Å². The SMILES string of the molecule is C=NNC(=S)N(N=C)c1ccccc1. The van der Waals surface area contributed by atoms with E-state index in [2.05, 4.69) is 29.1 Å². The van der Waals surface area contributed by atoms with E-state index >= 15 is 0 Å². The number of para-hydroxylation sites is 1. The summed E-state index contributed by atoms with van der Waals surface area (Å²) in [5.41, 5.74) is 3.36. The average Bonchev–Trinajstić information content (AvgIpc) is 2.21. The van der Waals surface area contributed by atoms with E-state index in [-0.39, 0.29) is 0 Å². The molecule has 5 heteroatoms. The molecule has 1 rings (SSSR count). The summed E-state index contributed by atoms with van der Waals surface area (Å²) >= 11 is 5.00. The standard InChI is InChI=1S/C9H10N4S/c1-10-12-9(14)13(11-2)8-6-4-3-5-7-8/h3-7H,1-2H2,(H,12,14). The molecule has 0 heterocycles. The van der Waals surface area contributed by atoms with Crippen molar-refractivity contribution >= 4 is 36.5 Å². The second-order valence-corrected chi connectivity index (χ2v) is 2.75. The highest BCUT2D eigenvalue weighted by Crippen LogP contribution is 2.13. The number of hydrazone groups is 2. The van der Waals surface area contributed by atoms with E-state index in [0.29, 0.717) is 5.11 Å². The Kier molecular flexibility index (Phi) is 3.75. The smallest absolute Gasteiger partial charge is 0.215 e. The molecule has 0 spiro atoms. The minimum atomic E-state index is 0.334. The van der Waals surface area contributed by atoms with Gasteiger partial charge in [0.1, 0.15) is 0 Å². The summed E-state index contributed by atoms with van der Waals surface area (Å²) in [6.45, 7) is 6.70. The number of benzene rings is 1. The van der Waals surface area contributed by atoms with Crippen molar-refractivity contribution in [2.45, 2.75) is 0 Å². The predicted octanol–water partition coefficient (Wildman–Crippen LogP) is 1.60. The van der Waals surface area contributed by atoms with E-state index in [4.69, 9.17) is 12.2 Å². The van der Waals surface area contributed by atoms with Gasteiger partial charge in [-0.25, -0.2) is 5.01 Å². The maximum Gasteiger partial charge on any atom is 0.215 e. The molecule has 0 unspecified atom stereocenters. The summed E-state index contributed by atoms with van der Waals surface area (Å²) in [5, 5.41) is 9.02. The van der Waals surface area contributed by atoms with Crippen LogP contribution >= 0.6 is 12.2 Å². The number of nitrogens with one attached hydrogen (secondary N) is 1. The minimum Gasteiger partial charge on any atom is -0.253 e. The van der Waals surface area contributed by atoms with Gasteiger partial charge in [0.05, 0.1) is 5.69 Å². The maximum absolute atomic E-state index is 5.00. The van der Waals surface area contributed by atoms with Crippen molar-refractivity contribution in [3.05, 3.63) is 30.3 Å². The first kappa shape index (κ1) is 10.3. The zero-order chi connectivity index (χ0) is 10.4. The number of rotatable bonds is 3. The number of anilines is 1. The molecule has 1 aromatic carbocycles. The summed E-state index contributed by atoms with van der Waals surface area (Å²) in [7, 11) is 0. The molecule has 4 nitrogen and oxygen atoms in total. The Labute approximate surface area is 87.9 Å². The van der Waals surface area contributed by atoms with E-state index < -0.39 is 0 Å². The van der Waals surface area contributed by atoms with Crippen LogP contribution in [0.2, 0.25) is 0 Å². The fourth-order valence-electron chi connectivity index (χ4n) is 0.947. The lowest BCUT2D eigenvalue weighted by atomic mass is 10.3. The maximum atomic E-state index is 5.00. The largest absolute Gasteiger partial charge is 0.253 e. The zero-order valence-corrected chi connectivity index (χ0v) is 8.37. The van der Waals surface area contributed by atoms with Crippen molar-refractivity contribution in [1.29, 1.82) is 0 Å². The normalized spacial score (nSPS) is 8.86. The van der Waals surface area contributed by atoms with Crippen LogP contribution in [0.25, 0.3) is 0 Å². The third-order valence-electron chi connectivity index (χ3n) is 1.51. The Morgan fingerprint density at radius 2 is 1.93 bits per heavy atom. The number of thiocarbonyl (C=S) groups is 1. The van der Waals surface area contributed by atoms with Gasteiger partial charge in [0, 0.05) is 13.4 Å². The Morgan fingerprint density at radius 3 is 2.43 bits per heavy atom. The molecule has 0 aliphatic heterocycles. The van der Waals surface area contributed by atoms with Gasteiger partial charge in [0.2, 0.25) is 5.11 Å². The lowest BCUT2D eigenvalue weighted by Gasteiger charge is -2.17. The molecule has 0 aliphatic carbocycles. The van der Waals surface area contributed by atoms with E-state index in [1.54, 1.807) is 0 Å². The molecule has 0 atom stereocenters. The summed E-state index contributed by atoms with van der Waals surface area (Å²) in [6.07, 6.45) is 0. The van der Waals surface area contributed by atoms with Gasteiger partial charge in [-0.05, 0) is 24.4 Å². The molecule has 0 amide bonds. The van der Waals surface area contributed by atoms with Crippen molar-refractivity contribution in [3.8, 4) is 0 Å². The van der Waals surface area contributed by atoms with Gasteiger partial charge < -0.3 is 0 Å². The second-order valence-electron chi connectivity index (χ2n) is 2.36. The van der Waals surface area contributed by atoms with Gasteiger partial charge in [-0.1, -0.05) is 18.2 Å². The first-order valence-corrected chi connectivity index (χ1v) is 4.28. The Hall–Kier alpha value is -1.75. The topological polar surface area (TPSA) is 40.0 Å². The van der Waals surface area contributed by atoms with E-state index in [0.717, 1.165) is 5.69 Å². The molecular weight excluding hydrogens is 196 g/mol. The Morgan fingerprint density at radius 1 is 1.29 bits per heavy atom. The predicted molar refractivity (Wildman–Crippen MR) is 63.8 cm³/mol. The quantitative estimate of drug-likeness (QED) is 0.464. The van der Waals surface area contributed by atoms with E-state index in [1.807, 2.05) is 30.3 Å². The highest BCUT2D eigenvalue weighted by atomic mass is 32.1. The third-order valence-corrected chi connectivity index (χ3v) is 1.77. The van der Waals surface area contributed by atoms with Gasteiger partial charge >= 0.3 is 0 Å². The van der Waals surface area contributed by atoms with Crippen LogP contribution in [0.3, 0.4) is 0 Å². The van der Waals surface area contributed by atoms with E-state index in [9.17, 15) is 0 Å². The lowest BCUT2D eigenvalue weighted by Crippen LogP contribution is -2.32. The van der Waals surface area contributed by atoms with E-state index in [1.165, 1.54) is 5.01 Å². The molecule has 0 aliphatic rings. The molecule has 1 aromatic rings. The van der Waals surface area contributed by atoms with Crippen molar-refractivity contribution in [3.63, 3.8) is 0 Å². The van der Waals surface area contributed by atoms with Crippen LogP contribution in [0.5, 0.6) is 0 Å². The molecule has 1 N–H and O–H groups in total. The van der Waals surface area contributed by atoms with Crippen LogP contribution in [-0.2, 0) is 0 Å². The van der Waals surface area contributed by atoms with Gasteiger partial charge in [0.15, 0.2) is 0 Å². The lowest BCUT2D eigenvalue weighted by molar-refractivity contribution is 0.993. The first-order chi connectivity index (χ1) is 6.79. The minimum absolute atomic E-state index is 0.334. The van der Waals surface area contributed by atoms with Gasteiger partial charge in [-0.3, -0.25) is 5.43 Å². The van der Waals surface area contributed by atoms with Crippen molar-refractivity contribution in [2.24, 2.45) is 10.2 Å². The molecule has 0 saturated carbocycles. The van der Waals surface area contributed by atoms with Crippen LogP contribution in [0.4, 0.5) is 5.69 Å². The molecule has 0 radical (unpaired) electrons. The van der Waals surface area contributed by atoms with Crippen LogP contribution in [0.15, 0.2) is 40.5 Å². The number of hydrogen-bond acceptors (Lipinski definition) is 3. The zero-order valence-electron chi connectivity index (χ0n) is 7.55. The van der Waals surface area contributed by atoms with Crippen molar-refractivity contribution in [1.82, 2.24) is 5.43 Å². The van der Waals surface area contributed by atoms with Crippen molar-refractivity contribution < 1.29 is 0 Å². The van der Waals surface area contributed by atoms with Gasteiger partial charge in [0.25, 0.3) is 0 Å². The third kappa shape index (κ3) is 2.37. The molecule has 0 bridgehead atoms.